The first-order valence-corrected chi connectivity index (χ1v) is 3.72. The van der Waals surface area contributed by atoms with Crippen LogP contribution in [0.25, 0.3) is 0 Å². The lowest BCUT2D eigenvalue weighted by molar-refractivity contribution is -0.140. The molecule has 0 saturated heterocycles. The van der Waals surface area contributed by atoms with Gasteiger partial charge in [0.25, 0.3) is 0 Å². The quantitative estimate of drug-likeness (QED) is 0.451. The third-order valence-corrected chi connectivity index (χ3v) is 1.31. The van der Waals surface area contributed by atoms with Gasteiger partial charge in [0.15, 0.2) is 5.78 Å². The summed E-state index contributed by atoms with van der Waals surface area (Å²) in [6.45, 7) is 1.29. The Morgan fingerprint density at radius 1 is 1.42 bits per heavy atom. The van der Waals surface area contributed by atoms with Crippen molar-refractivity contribution >= 4 is 5.78 Å². The van der Waals surface area contributed by atoms with Gasteiger partial charge in [-0.3, -0.25) is 4.79 Å². The lowest BCUT2D eigenvalue weighted by Crippen LogP contribution is -2.37. The number of ketones is 1. The highest BCUT2D eigenvalue weighted by molar-refractivity contribution is 5.87. The topological polar surface area (TPSA) is 87.0 Å². The van der Waals surface area contributed by atoms with E-state index in [1.54, 1.807) is 6.92 Å². The van der Waals surface area contributed by atoms with Gasteiger partial charge in [0.05, 0.1) is 13.2 Å². The van der Waals surface area contributed by atoms with Gasteiger partial charge in [-0.05, 0) is 6.92 Å². The van der Waals surface area contributed by atoms with Gasteiger partial charge < -0.3 is 20.1 Å². The Balaban J connectivity index is 3.75. The van der Waals surface area contributed by atoms with Crippen molar-refractivity contribution in [2.45, 2.75) is 19.1 Å². The molecule has 12 heavy (non-hydrogen) atoms. The molecular formula is C7H14O5. The van der Waals surface area contributed by atoms with Crippen LogP contribution in [0.4, 0.5) is 0 Å². The summed E-state index contributed by atoms with van der Waals surface area (Å²) in [5.41, 5.74) is 0. The monoisotopic (exact) mass is 178 g/mol. The molecule has 0 amide bonds. The van der Waals surface area contributed by atoms with E-state index in [9.17, 15) is 4.79 Å². The minimum Gasteiger partial charge on any atom is -0.393 e. The van der Waals surface area contributed by atoms with Crippen molar-refractivity contribution in [3.05, 3.63) is 0 Å². The van der Waals surface area contributed by atoms with E-state index in [-0.39, 0.29) is 6.61 Å². The van der Waals surface area contributed by atoms with Crippen molar-refractivity contribution in [1.29, 1.82) is 0 Å². The second-order valence-corrected chi connectivity index (χ2v) is 2.28. The van der Waals surface area contributed by atoms with E-state index in [0.29, 0.717) is 6.61 Å². The lowest BCUT2D eigenvalue weighted by Gasteiger charge is -2.11. The Hall–Kier alpha value is -0.490. The largest absolute Gasteiger partial charge is 0.393 e. The summed E-state index contributed by atoms with van der Waals surface area (Å²) in [6, 6.07) is 0. The van der Waals surface area contributed by atoms with E-state index in [0.717, 1.165) is 0 Å². The molecule has 2 atom stereocenters. The van der Waals surface area contributed by atoms with Gasteiger partial charge in [-0.1, -0.05) is 0 Å². The molecule has 72 valence electrons. The van der Waals surface area contributed by atoms with E-state index in [2.05, 4.69) is 0 Å². The average Bonchev–Trinajstić information content (AvgIpc) is 2.11. The number of hydrogen-bond acceptors (Lipinski definition) is 5. The van der Waals surface area contributed by atoms with Gasteiger partial charge in [-0.15, -0.1) is 0 Å². The molecule has 5 heteroatoms. The molecule has 0 spiro atoms. The van der Waals surface area contributed by atoms with Crippen LogP contribution in [0, 0.1) is 0 Å². The van der Waals surface area contributed by atoms with E-state index >= 15 is 0 Å². The highest BCUT2D eigenvalue weighted by Gasteiger charge is 2.22. The number of Topliss-reactive ketones (excluding diaryl/α,β-unsaturated/α-hetero) is 1. The van der Waals surface area contributed by atoms with Crippen molar-refractivity contribution < 1.29 is 24.9 Å². The fraction of sp³-hybridized carbons (Fsp3) is 0.857. The van der Waals surface area contributed by atoms with Crippen LogP contribution in [0.5, 0.6) is 0 Å². The van der Waals surface area contributed by atoms with Gasteiger partial charge in [0, 0.05) is 6.61 Å². The lowest BCUT2D eigenvalue weighted by atomic mass is 10.1. The molecular weight excluding hydrogens is 164 g/mol. The molecule has 2 unspecified atom stereocenters. The molecule has 0 fully saturated rings. The van der Waals surface area contributed by atoms with Crippen molar-refractivity contribution in [3.8, 4) is 0 Å². The third kappa shape index (κ3) is 3.77. The number of carbonyl (C=O) groups is 1. The van der Waals surface area contributed by atoms with Crippen LogP contribution in [0.15, 0.2) is 0 Å². The van der Waals surface area contributed by atoms with Crippen molar-refractivity contribution in [2.24, 2.45) is 0 Å². The number of rotatable bonds is 6. The molecule has 0 saturated carbocycles. The second-order valence-electron chi connectivity index (χ2n) is 2.28. The molecule has 0 aromatic carbocycles. The molecule has 0 radical (unpaired) electrons. The fourth-order valence-electron chi connectivity index (χ4n) is 0.624. The van der Waals surface area contributed by atoms with Gasteiger partial charge in [-0.2, -0.15) is 0 Å². The third-order valence-electron chi connectivity index (χ3n) is 1.31. The van der Waals surface area contributed by atoms with Crippen molar-refractivity contribution in [2.75, 3.05) is 19.8 Å². The molecule has 0 rings (SSSR count). The summed E-state index contributed by atoms with van der Waals surface area (Å²) in [6.07, 6.45) is -2.87. The molecule has 0 aromatic rings. The Morgan fingerprint density at radius 2 is 2.00 bits per heavy atom. The standard InChI is InChI=1S/C7H14O5/c1-2-12-4-6(10)7(11)5(9)3-8/h5-6,8-10H,2-4H2,1H3. The smallest absolute Gasteiger partial charge is 0.194 e. The maximum atomic E-state index is 10.8. The molecule has 0 aliphatic heterocycles. The molecule has 0 heterocycles. The normalized spacial score (nSPS) is 15.7. The minimum absolute atomic E-state index is 0.146. The number of aliphatic hydroxyl groups is 3. The zero-order valence-electron chi connectivity index (χ0n) is 6.93. The summed E-state index contributed by atoms with van der Waals surface area (Å²) < 4.78 is 4.75. The van der Waals surface area contributed by atoms with Gasteiger partial charge in [-0.25, -0.2) is 0 Å². The minimum atomic E-state index is -1.51. The first kappa shape index (κ1) is 11.5. The van der Waals surface area contributed by atoms with Gasteiger partial charge in [0.1, 0.15) is 12.2 Å². The summed E-state index contributed by atoms with van der Waals surface area (Å²) in [4.78, 5) is 10.8. The molecule has 0 aliphatic carbocycles. The Kier molecular flexibility index (Phi) is 5.83. The van der Waals surface area contributed by atoms with E-state index < -0.39 is 24.6 Å². The van der Waals surface area contributed by atoms with Crippen LogP contribution < -0.4 is 0 Å². The SMILES string of the molecule is CCOCC(O)C(=O)C(O)CO. The Labute approximate surface area is 70.6 Å². The number of ether oxygens (including phenoxy) is 1. The van der Waals surface area contributed by atoms with Crippen LogP contribution in [0.1, 0.15) is 6.92 Å². The zero-order valence-corrected chi connectivity index (χ0v) is 6.93. The molecule has 5 nitrogen and oxygen atoms in total. The number of aliphatic hydroxyl groups excluding tert-OH is 3. The Bertz CT molecular complexity index is 136. The van der Waals surface area contributed by atoms with E-state index in [1.807, 2.05) is 0 Å². The van der Waals surface area contributed by atoms with Crippen molar-refractivity contribution in [1.82, 2.24) is 0 Å². The van der Waals surface area contributed by atoms with Crippen molar-refractivity contribution in [3.63, 3.8) is 0 Å². The highest BCUT2D eigenvalue weighted by atomic mass is 16.5. The van der Waals surface area contributed by atoms with Crippen LogP contribution in [0.2, 0.25) is 0 Å². The first-order chi connectivity index (χ1) is 5.63. The second kappa shape index (κ2) is 6.07. The van der Waals surface area contributed by atoms with Gasteiger partial charge >= 0.3 is 0 Å². The molecule has 0 bridgehead atoms. The van der Waals surface area contributed by atoms with Crippen LogP contribution >= 0.6 is 0 Å². The Morgan fingerprint density at radius 3 is 2.42 bits per heavy atom. The maximum Gasteiger partial charge on any atom is 0.194 e. The summed E-state index contributed by atoms with van der Waals surface area (Å²) >= 11 is 0. The first-order valence-electron chi connectivity index (χ1n) is 3.72. The van der Waals surface area contributed by atoms with Crippen LogP contribution in [-0.2, 0) is 9.53 Å². The van der Waals surface area contributed by atoms with Crippen LogP contribution in [0.3, 0.4) is 0 Å². The summed E-state index contributed by atoms with van der Waals surface area (Å²) in [5, 5.41) is 26.1. The molecule has 3 N–H and O–H groups in total. The van der Waals surface area contributed by atoms with E-state index in [4.69, 9.17) is 20.1 Å². The fourth-order valence-corrected chi connectivity index (χ4v) is 0.624. The molecule has 0 aliphatic rings. The maximum absolute atomic E-state index is 10.8. The predicted octanol–water partition coefficient (Wildman–Crippen LogP) is -1.69. The highest BCUT2D eigenvalue weighted by Crippen LogP contribution is 1.93. The summed E-state index contributed by atoms with van der Waals surface area (Å²) in [7, 11) is 0. The molecule has 0 aromatic heterocycles. The van der Waals surface area contributed by atoms with Gasteiger partial charge in [0.2, 0.25) is 0 Å². The number of carbonyl (C=O) groups excluding carboxylic acids is 1. The summed E-state index contributed by atoms with van der Waals surface area (Å²) in [5.74, 6) is -0.814. The average molecular weight is 178 g/mol. The van der Waals surface area contributed by atoms with Crippen LogP contribution in [-0.4, -0.2) is 53.1 Å². The zero-order chi connectivity index (χ0) is 9.56. The van der Waals surface area contributed by atoms with E-state index in [1.165, 1.54) is 0 Å². The predicted molar refractivity (Wildman–Crippen MR) is 40.6 cm³/mol. The number of hydrogen-bond donors (Lipinski definition) is 3.